The van der Waals surface area contributed by atoms with Crippen LogP contribution in [0.25, 0.3) is 22.6 Å². The normalized spacial score (nSPS) is 11.4. The molecule has 0 bridgehead atoms. The third-order valence-corrected chi connectivity index (χ3v) is 5.06. The number of nitrogens with zero attached hydrogens (tertiary/aromatic N) is 2. The summed E-state index contributed by atoms with van der Waals surface area (Å²) in [6.45, 7) is 0. The first-order valence-electron chi connectivity index (χ1n) is 8.07. The summed E-state index contributed by atoms with van der Waals surface area (Å²) in [6.07, 6.45) is 0.941. The van der Waals surface area contributed by atoms with Crippen molar-refractivity contribution in [3.63, 3.8) is 0 Å². The number of carbonyl (C=O) groups is 1. The van der Waals surface area contributed by atoms with Crippen molar-refractivity contribution in [3.05, 3.63) is 60.5 Å². The Morgan fingerprint density at radius 1 is 1.07 bits per heavy atom. The smallest absolute Gasteiger partial charge is 0.254 e. The van der Waals surface area contributed by atoms with Crippen molar-refractivity contribution in [3.8, 4) is 22.6 Å². The molecule has 0 fully saturated rings. The summed E-state index contributed by atoms with van der Waals surface area (Å²) in [5, 5.41) is 9.74. The topological polar surface area (TPSA) is 101 Å². The fraction of sp³-hybridized carbons (Fsp3) is 0.158. The number of carbonyl (C=O) groups excluding carboxylic acids is 1. The highest BCUT2D eigenvalue weighted by Crippen LogP contribution is 2.33. The van der Waals surface area contributed by atoms with Gasteiger partial charge in [0.05, 0.1) is 4.90 Å². The van der Waals surface area contributed by atoms with Crippen molar-refractivity contribution in [2.75, 3.05) is 13.3 Å². The van der Waals surface area contributed by atoms with Crippen molar-refractivity contribution in [1.82, 2.24) is 10.0 Å². The van der Waals surface area contributed by atoms with Gasteiger partial charge < -0.3 is 4.42 Å². The van der Waals surface area contributed by atoms with E-state index in [9.17, 15) is 18.4 Å². The molecule has 0 radical (unpaired) electrons. The second-order valence-electron chi connectivity index (χ2n) is 6.04. The van der Waals surface area contributed by atoms with Gasteiger partial charge in [0.15, 0.2) is 15.6 Å². The maximum absolute atomic E-state index is 11.8. The third kappa shape index (κ3) is 4.24. The van der Waals surface area contributed by atoms with Gasteiger partial charge in [0, 0.05) is 24.4 Å². The number of hydroxylamine groups is 2. The Hall–Kier alpha value is -2.97. The van der Waals surface area contributed by atoms with E-state index in [-0.39, 0.29) is 17.2 Å². The SMILES string of the molecule is CN(O)C(=O)Cc1nc(-c2ccc(S(C)(=O)=O)cc2)c(-c2ccccc2)o1. The Balaban J connectivity index is 2.07. The molecule has 0 saturated carbocycles. The number of hydrogen-bond acceptors (Lipinski definition) is 6. The molecule has 3 aromatic rings. The van der Waals surface area contributed by atoms with Gasteiger partial charge in [-0.05, 0) is 12.1 Å². The lowest BCUT2D eigenvalue weighted by Gasteiger charge is -2.05. The summed E-state index contributed by atoms with van der Waals surface area (Å²) in [6, 6.07) is 15.5. The number of hydrogen-bond donors (Lipinski definition) is 1. The fourth-order valence-corrected chi connectivity index (χ4v) is 3.16. The predicted octanol–water partition coefficient (Wildman–Crippen LogP) is 2.80. The molecule has 7 nitrogen and oxygen atoms in total. The predicted molar refractivity (Wildman–Crippen MR) is 98.7 cm³/mol. The molecule has 0 aliphatic carbocycles. The van der Waals surface area contributed by atoms with Gasteiger partial charge in [0.25, 0.3) is 5.91 Å². The number of sulfone groups is 1. The Labute approximate surface area is 156 Å². The maximum atomic E-state index is 11.8. The van der Waals surface area contributed by atoms with Crippen molar-refractivity contribution >= 4 is 15.7 Å². The Morgan fingerprint density at radius 2 is 1.70 bits per heavy atom. The minimum atomic E-state index is -3.31. The second-order valence-corrected chi connectivity index (χ2v) is 8.06. The van der Waals surface area contributed by atoms with E-state index in [2.05, 4.69) is 4.98 Å². The quantitative estimate of drug-likeness (QED) is 0.534. The van der Waals surface area contributed by atoms with Gasteiger partial charge in [-0.25, -0.2) is 18.5 Å². The van der Waals surface area contributed by atoms with Crippen molar-refractivity contribution in [2.24, 2.45) is 0 Å². The van der Waals surface area contributed by atoms with E-state index in [1.165, 1.54) is 19.2 Å². The van der Waals surface area contributed by atoms with Gasteiger partial charge in [-0.3, -0.25) is 10.0 Å². The molecule has 3 rings (SSSR count). The summed E-state index contributed by atoms with van der Waals surface area (Å²) in [4.78, 5) is 16.4. The standard InChI is InChI=1S/C19H18N2O5S/c1-21(23)17(22)12-16-20-18(19(26-16)14-6-4-3-5-7-14)13-8-10-15(11-9-13)27(2,24)25/h3-11,23H,12H2,1-2H3. The third-order valence-electron chi connectivity index (χ3n) is 3.93. The van der Waals surface area contributed by atoms with E-state index >= 15 is 0 Å². The Morgan fingerprint density at radius 3 is 2.26 bits per heavy atom. The lowest BCUT2D eigenvalue weighted by atomic mass is 10.1. The lowest BCUT2D eigenvalue weighted by molar-refractivity contribution is -0.158. The van der Waals surface area contributed by atoms with Gasteiger partial charge in [-0.2, -0.15) is 0 Å². The first-order valence-corrected chi connectivity index (χ1v) is 9.96. The highest BCUT2D eigenvalue weighted by Gasteiger charge is 2.20. The molecule has 1 heterocycles. The molecule has 1 aromatic heterocycles. The van der Waals surface area contributed by atoms with Crippen LogP contribution in [0.2, 0.25) is 0 Å². The van der Waals surface area contributed by atoms with E-state index in [4.69, 9.17) is 4.42 Å². The molecule has 0 saturated heterocycles. The van der Waals surface area contributed by atoms with Gasteiger partial charge in [0.1, 0.15) is 12.1 Å². The fourth-order valence-electron chi connectivity index (χ4n) is 2.52. The van der Waals surface area contributed by atoms with Gasteiger partial charge in [-0.15, -0.1) is 0 Å². The zero-order valence-corrected chi connectivity index (χ0v) is 15.6. The molecule has 0 aliphatic heterocycles. The first kappa shape index (κ1) is 18.8. The van der Waals surface area contributed by atoms with E-state index in [1.54, 1.807) is 12.1 Å². The van der Waals surface area contributed by atoms with Crippen LogP contribution in [-0.2, 0) is 21.1 Å². The van der Waals surface area contributed by atoms with E-state index in [0.29, 0.717) is 22.1 Å². The zero-order chi connectivity index (χ0) is 19.6. The summed E-state index contributed by atoms with van der Waals surface area (Å²) >= 11 is 0. The number of rotatable bonds is 5. The van der Waals surface area contributed by atoms with Crippen LogP contribution < -0.4 is 0 Å². The molecule has 1 amide bonds. The molecule has 1 N–H and O–H groups in total. The summed E-state index contributed by atoms with van der Waals surface area (Å²) in [5.41, 5.74) is 1.91. The number of amides is 1. The van der Waals surface area contributed by atoms with Crippen molar-refractivity contribution in [1.29, 1.82) is 0 Å². The molecular formula is C19H18N2O5S. The molecule has 0 unspecified atom stereocenters. The van der Waals surface area contributed by atoms with Crippen LogP contribution in [0, 0.1) is 0 Å². The average Bonchev–Trinajstić information content (AvgIpc) is 3.05. The largest absolute Gasteiger partial charge is 0.439 e. The van der Waals surface area contributed by atoms with Crippen LogP contribution in [0.5, 0.6) is 0 Å². The van der Waals surface area contributed by atoms with Gasteiger partial charge in [0.2, 0.25) is 5.89 Å². The van der Waals surface area contributed by atoms with Gasteiger partial charge >= 0.3 is 0 Å². The molecular weight excluding hydrogens is 368 g/mol. The zero-order valence-electron chi connectivity index (χ0n) is 14.8. The average molecular weight is 386 g/mol. The molecule has 0 spiro atoms. The molecule has 27 heavy (non-hydrogen) atoms. The molecule has 140 valence electrons. The number of benzene rings is 2. The van der Waals surface area contributed by atoms with E-state index < -0.39 is 15.7 Å². The second kappa shape index (κ2) is 7.34. The summed E-state index contributed by atoms with van der Waals surface area (Å²) < 4.78 is 29.1. The van der Waals surface area contributed by atoms with Crippen LogP contribution in [0.3, 0.4) is 0 Å². The maximum Gasteiger partial charge on any atom is 0.254 e. The van der Waals surface area contributed by atoms with Gasteiger partial charge in [-0.1, -0.05) is 42.5 Å². The highest BCUT2D eigenvalue weighted by molar-refractivity contribution is 7.90. The minimum absolute atomic E-state index is 0.155. The van der Waals surface area contributed by atoms with Crippen LogP contribution >= 0.6 is 0 Å². The van der Waals surface area contributed by atoms with Crippen LogP contribution in [-0.4, -0.2) is 42.9 Å². The van der Waals surface area contributed by atoms with E-state index in [1.807, 2.05) is 30.3 Å². The number of likely N-dealkylation sites (N-methyl/N-ethyl adjacent to an activating group) is 1. The lowest BCUT2D eigenvalue weighted by Crippen LogP contribution is -2.24. The molecule has 0 atom stereocenters. The summed E-state index contributed by atoms with van der Waals surface area (Å²) in [7, 11) is -2.08. The molecule has 0 aliphatic rings. The Bertz CT molecular complexity index is 1060. The van der Waals surface area contributed by atoms with E-state index in [0.717, 1.165) is 11.8 Å². The molecule has 8 heteroatoms. The van der Waals surface area contributed by atoms with Crippen molar-refractivity contribution < 1.29 is 22.8 Å². The number of oxazole rings is 1. The monoisotopic (exact) mass is 386 g/mol. The number of aromatic nitrogens is 1. The van der Waals surface area contributed by atoms with Crippen molar-refractivity contribution in [2.45, 2.75) is 11.3 Å². The van der Waals surface area contributed by atoms with Crippen LogP contribution in [0.4, 0.5) is 0 Å². The first-order chi connectivity index (χ1) is 12.8. The summed E-state index contributed by atoms with van der Waals surface area (Å²) in [5.74, 6) is 0.0582. The Kier molecular flexibility index (Phi) is 5.11. The van der Waals surface area contributed by atoms with Crippen LogP contribution in [0.15, 0.2) is 63.9 Å². The minimum Gasteiger partial charge on any atom is -0.439 e. The molecule has 2 aromatic carbocycles. The van der Waals surface area contributed by atoms with Crippen LogP contribution in [0.1, 0.15) is 5.89 Å². The highest BCUT2D eigenvalue weighted by atomic mass is 32.2.